The van der Waals surface area contributed by atoms with E-state index in [-0.39, 0.29) is 28.8 Å². The number of aryl methyl sites for hydroxylation is 2. The van der Waals surface area contributed by atoms with Gasteiger partial charge in [0.15, 0.2) is 5.82 Å². The minimum Gasteiger partial charge on any atom is -0.302 e. The number of carbonyl (C=O) groups excluding carboxylic acids is 1. The lowest BCUT2D eigenvalue weighted by Crippen LogP contribution is -2.18. The zero-order valence-electron chi connectivity index (χ0n) is 14.3. The molecule has 1 aromatic carbocycles. The van der Waals surface area contributed by atoms with Gasteiger partial charge in [0.25, 0.3) is 5.91 Å². The molecule has 2 heterocycles. The first kappa shape index (κ1) is 18.5. The fourth-order valence-corrected chi connectivity index (χ4v) is 2.85. The monoisotopic (exact) mass is 392 g/mol. The van der Waals surface area contributed by atoms with Crippen molar-refractivity contribution in [2.75, 3.05) is 5.32 Å². The van der Waals surface area contributed by atoms with E-state index < -0.39 is 22.3 Å². The van der Waals surface area contributed by atoms with Gasteiger partial charge in [0.1, 0.15) is 16.5 Å². The molecule has 0 aliphatic rings. The summed E-state index contributed by atoms with van der Waals surface area (Å²) >= 11 is 6.08. The van der Waals surface area contributed by atoms with Gasteiger partial charge in [0.05, 0.1) is 11.5 Å². The van der Waals surface area contributed by atoms with Gasteiger partial charge in [-0.15, -0.1) is 0 Å². The number of aromatic nitrogens is 4. The van der Waals surface area contributed by atoms with Crippen molar-refractivity contribution in [3.05, 3.63) is 68.4 Å². The number of halogens is 2. The maximum absolute atomic E-state index is 13.8. The van der Waals surface area contributed by atoms with Gasteiger partial charge < -0.3 is 5.32 Å². The second kappa shape index (κ2) is 7.16. The van der Waals surface area contributed by atoms with Crippen LogP contribution >= 0.6 is 11.6 Å². The van der Waals surface area contributed by atoms with E-state index >= 15 is 0 Å². The van der Waals surface area contributed by atoms with Crippen LogP contribution in [0.5, 0.6) is 0 Å². The Bertz CT molecular complexity index is 1040. The normalized spacial score (nSPS) is 10.8. The molecule has 0 bridgehead atoms. The number of benzene rings is 1. The van der Waals surface area contributed by atoms with Crippen LogP contribution in [0.15, 0.2) is 30.5 Å². The van der Waals surface area contributed by atoms with E-state index in [0.717, 1.165) is 4.68 Å². The molecule has 1 N–H and O–H groups in total. The van der Waals surface area contributed by atoms with Crippen LogP contribution in [0.3, 0.4) is 0 Å². The summed E-state index contributed by atoms with van der Waals surface area (Å²) in [7, 11) is 1.42. The number of nitrogens with one attached hydrogen (secondary N) is 1. The molecule has 0 spiro atoms. The van der Waals surface area contributed by atoms with Crippen LogP contribution in [0.2, 0.25) is 5.02 Å². The van der Waals surface area contributed by atoms with Crippen LogP contribution in [-0.2, 0) is 13.6 Å². The van der Waals surface area contributed by atoms with Crippen molar-refractivity contribution in [3.8, 4) is 0 Å². The van der Waals surface area contributed by atoms with E-state index in [1.807, 2.05) is 0 Å². The van der Waals surface area contributed by atoms with E-state index in [1.54, 1.807) is 18.2 Å². The number of hydrogen-bond acceptors (Lipinski definition) is 5. The van der Waals surface area contributed by atoms with E-state index in [4.69, 9.17) is 11.6 Å². The third-order valence-electron chi connectivity index (χ3n) is 3.83. The van der Waals surface area contributed by atoms with Gasteiger partial charge in [-0.3, -0.25) is 24.3 Å². The molecule has 11 heteroatoms. The van der Waals surface area contributed by atoms with Gasteiger partial charge in [-0.2, -0.15) is 10.2 Å². The number of anilines is 1. The Hall–Kier alpha value is -3.27. The highest BCUT2D eigenvalue weighted by Crippen LogP contribution is 2.25. The van der Waals surface area contributed by atoms with Crippen LogP contribution in [0.25, 0.3) is 0 Å². The molecule has 0 radical (unpaired) electrons. The molecular weight excluding hydrogens is 379 g/mol. The molecule has 0 aliphatic carbocycles. The van der Waals surface area contributed by atoms with Crippen LogP contribution in [-0.4, -0.2) is 30.4 Å². The SMILES string of the molecule is Cc1nn(C)c(C(=O)Nc2nn(Cc3ccccc3F)cc2Cl)c1[N+](=O)[O-]. The van der Waals surface area contributed by atoms with Crippen molar-refractivity contribution < 1.29 is 14.1 Å². The molecular formula is C16H14ClFN6O3. The molecule has 0 aliphatic heterocycles. The maximum Gasteiger partial charge on any atom is 0.322 e. The maximum atomic E-state index is 13.8. The molecule has 2 aromatic heterocycles. The molecule has 140 valence electrons. The topological polar surface area (TPSA) is 108 Å². The largest absolute Gasteiger partial charge is 0.322 e. The standard InChI is InChI=1S/C16H14ClFN6O3/c1-9-13(24(26)27)14(22(2)20-9)16(25)19-15-11(17)8-23(21-15)7-10-5-3-4-6-12(10)18/h3-6,8H,7H2,1-2H3,(H,19,21,25). The lowest BCUT2D eigenvalue weighted by atomic mass is 10.2. The van der Waals surface area contributed by atoms with Gasteiger partial charge in [-0.1, -0.05) is 29.8 Å². The first-order valence-corrected chi connectivity index (χ1v) is 8.11. The smallest absolute Gasteiger partial charge is 0.302 e. The van der Waals surface area contributed by atoms with Crippen molar-refractivity contribution in [1.29, 1.82) is 0 Å². The van der Waals surface area contributed by atoms with E-state index in [1.165, 1.54) is 30.9 Å². The third kappa shape index (κ3) is 3.65. The highest BCUT2D eigenvalue weighted by atomic mass is 35.5. The summed E-state index contributed by atoms with van der Waals surface area (Å²) < 4.78 is 16.2. The fraction of sp³-hybridized carbons (Fsp3) is 0.188. The van der Waals surface area contributed by atoms with Gasteiger partial charge in [-0.05, 0) is 13.0 Å². The summed E-state index contributed by atoms with van der Waals surface area (Å²) in [4.78, 5) is 23.0. The van der Waals surface area contributed by atoms with Crippen LogP contribution < -0.4 is 5.32 Å². The number of nitrogens with zero attached hydrogens (tertiary/aromatic N) is 5. The lowest BCUT2D eigenvalue weighted by Gasteiger charge is -2.04. The minimum absolute atomic E-state index is 0.00570. The van der Waals surface area contributed by atoms with Crippen molar-refractivity contribution >= 4 is 29.0 Å². The van der Waals surface area contributed by atoms with Gasteiger partial charge >= 0.3 is 5.69 Å². The molecule has 0 unspecified atom stereocenters. The molecule has 27 heavy (non-hydrogen) atoms. The van der Waals surface area contributed by atoms with Gasteiger partial charge in [0.2, 0.25) is 5.69 Å². The zero-order valence-corrected chi connectivity index (χ0v) is 15.1. The number of amides is 1. The Kier molecular flexibility index (Phi) is 4.91. The minimum atomic E-state index is -0.775. The highest BCUT2D eigenvalue weighted by molar-refractivity contribution is 6.33. The summed E-state index contributed by atoms with van der Waals surface area (Å²) in [5.41, 5.74) is -0.106. The molecule has 0 saturated heterocycles. The Morgan fingerprint density at radius 2 is 2.07 bits per heavy atom. The highest BCUT2D eigenvalue weighted by Gasteiger charge is 2.30. The van der Waals surface area contributed by atoms with E-state index in [0.29, 0.717) is 5.56 Å². The predicted octanol–water partition coefficient (Wildman–Crippen LogP) is 2.93. The summed E-state index contributed by atoms with van der Waals surface area (Å²) in [6.07, 6.45) is 1.42. The number of rotatable bonds is 5. The van der Waals surface area contributed by atoms with Crippen molar-refractivity contribution in [3.63, 3.8) is 0 Å². The Balaban J connectivity index is 1.85. The molecule has 0 saturated carbocycles. The summed E-state index contributed by atoms with van der Waals surface area (Å²) in [6.45, 7) is 1.54. The first-order valence-electron chi connectivity index (χ1n) is 7.73. The quantitative estimate of drug-likeness (QED) is 0.530. The third-order valence-corrected chi connectivity index (χ3v) is 4.10. The van der Waals surface area contributed by atoms with Crippen molar-refractivity contribution in [1.82, 2.24) is 19.6 Å². The lowest BCUT2D eigenvalue weighted by molar-refractivity contribution is -0.385. The second-order valence-corrected chi connectivity index (χ2v) is 6.14. The molecule has 3 aromatic rings. The summed E-state index contributed by atoms with van der Waals surface area (Å²) in [5, 5.41) is 21.8. The molecule has 1 amide bonds. The van der Waals surface area contributed by atoms with Crippen LogP contribution in [0.1, 0.15) is 21.7 Å². The molecule has 0 atom stereocenters. The average molecular weight is 393 g/mol. The van der Waals surface area contributed by atoms with Crippen molar-refractivity contribution in [2.24, 2.45) is 7.05 Å². The first-order chi connectivity index (χ1) is 12.8. The second-order valence-electron chi connectivity index (χ2n) is 5.73. The van der Waals surface area contributed by atoms with Gasteiger partial charge in [0, 0.05) is 18.8 Å². The Morgan fingerprint density at radius 3 is 2.74 bits per heavy atom. The summed E-state index contributed by atoms with van der Waals surface area (Å²) in [5.74, 6) is -1.16. The fourth-order valence-electron chi connectivity index (χ4n) is 2.65. The molecule has 0 fully saturated rings. The predicted molar refractivity (Wildman–Crippen MR) is 95.3 cm³/mol. The number of nitro groups is 1. The Morgan fingerprint density at radius 1 is 1.37 bits per heavy atom. The number of hydrogen-bond donors (Lipinski definition) is 1. The van der Waals surface area contributed by atoms with Crippen molar-refractivity contribution in [2.45, 2.75) is 13.5 Å². The Labute approximate surface area is 157 Å². The molecule has 9 nitrogen and oxygen atoms in total. The number of carbonyl (C=O) groups is 1. The zero-order chi connectivity index (χ0) is 19.7. The van der Waals surface area contributed by atoms with Crippen LogP contribution in [0.4, 0.5) is 15.9 Å². The average Bonchev–Trinajstić information content (AvgIpc) is 3.08. The summed E-state index contributed by atoms with van der Waals surface area (Å²) in [6, 6.07) is 6.19. The van der Waals surface area contributed by atoms with E-state index in [9.17, 15) is 19.3 Å². The van der Waals surface area contributed by atoms with Crippen LogP contribution in [0, 0.1) is 22.9 Å². The molecule has 3 rings (SSSR count). The van der Waals surface area contributed by atoms with Gasteiger partial charge in [-0.25, -0.2) is 4.39 Å². The van der Waals surface area contributed by atoms with E-state index in [2.05, 4.69) is 15.5 Å².